The summed E-state index contributed by atoms with van der Waals surface area (Å²) in [4.78, 5) is 12.0. The fourth-order valence-electron chi connectivity index (χ4n) is 3.26. The van der Waals surface area contributed by atoms with E-state index < -0.39 is 5.63 Å². The predicted molar refractivity (Wildman–Crippen MR) is 118 cm³/mol. The van der Waals surface area contributed by atoms with E-state index in [0.717, 1.165) is 10.9 Å². The van der Waals surface area contributed by atoms with Gasteiger partial charge in [-0.3, -0.25) is 0 Å². The molecular weight excluding hydrogens is 436 g/mol. The number of aromatic nitrogens is 2. The lowest BCUT2D eigenvalue weighted by Gasteiger charge is -2.12. The zero-order chi connectivity index (χ0) is 22.8. The molecule has 0 aliphatic heterocycles. The molecule has 4 aromatic rings. The van der Waals surface area contributed by atoms with E-state index in [4.69, 9.17) is 23.0 Å². The van der Waals surface area contributed by atoms with E-state index in [1.54, 1.807) is 31.2 Å². The van der Waals surface area contributed by atoms with Gasteiger partial charge in [0.15, 0.2) is 11.5 Å². The zero-order valence-electron chi connectivity index (χ0n) is 17.8. The quantitative estimate of drug-likeness (QED) is 0.321. The van der Waals surface area contributed by atoms with Gasteiger partial charge in [-0.2, -0.15) is 0 Å². The highest BCUT2D eigenvalue weighted by molar-refractivity contribution is 7.98. The molecule has 0 amide bonds. The average molecular weight is 456 g/mol. The molecule has 0 bridgehead atoms. The third-order valence-corrected chi connectivity index (χ3v) is 5.75. The second-order valence-corrected chi connectivity index (χ2v) is 7.68. The Kier molecular flexibility index (Phi) is 5.95. The van der Waals surface area contributed by atoms with Crippen molar-refractivity contribution >= 4 is 22.7 Å². The number of phenolic OH excluding ortho intramolecular Hbond substituents is 1. The van der Waals surface area contributed by atoms with Gasteiger partial charge in [-0.1, -0.05) is 11.8 Å². The molecule has 0 aliphatic carbocycles. The average Bonchev–Trinajstić information content (AvgIpc) is 3.28. The van der Waals surface area contributed by atoms with Crippen molar-refractivity contribution in [2.24, 2.45) is 0 Å². The SMILES string of the molecule is COc1cc(-c2nnc(SCc3cc(=O)oc4c(C)c(O)ccc34)o2)cc(OC)c1OC. The number of hydrogen-bond donors (Lipinski definition) is 1. The molecule has 166 valence electrons. The minimum absolute atomic E-state index is 0.0670. The minimum Gasteiger partial charge on any atom is -0.508 e. The molecule has 2 heterocycles. The summed E-state index contributed by atoms with van der Waals surface area (Å²) >= 11 is 1.28. The van der Waals surface area contributed by atoms with Gasteiger partial charge in [0, 0.05) is 28.3 Å². The first kappa shape index (κ1) is 21.6. The molecular formula is C22H20N2O7S. The van der Waals surface area contributed by atoms with Gasteiger partial charge in [0.25, 0.3) is 5.22 Å². The van der Waals surface area contributed by atoms with E-state index in [2.05, 4.69) is 10.2 Å². The molecule has 0 saturated carbocycles. The first-order valence-corrected chi connectivity index (χ1v) is 10.5. The number of thioether (sulfide) groups is 1. The van der Waals surface area contributed by atoms with Gasteiger partial charge < -0.3 is 28.2 Å². The fourth-order valence-corrected chi connectivity index (χ4v) is 4.02. The Morgan fingerprint density at radius 1 is 1.00 bits per heavy atom. The Hall–Kier alpha value is -3.66. The minimum atomic E-state index is -0.495. The summed E-state index contributed by atoms with van der Waals surface area (Å²) in [5.41, 5.74) is 1.71. The number of nitrogens with zero attached hydrogens (tertiary/aromatic N) is 2. The molecule has 4 rings (SSSR count). The molecule has 32 heavy (non-hydrogen) atoms. The number of benzene rings is 2. The van der Waals surface area contributed by atoms with Crippen LogP contribution in [0.25, 0.3) is 22.4 Å². The summed E-state index contributed by atoms with van der Waals surface area (Å²) < 4.78 is 27.1. The predicted octanol–water partition coefficient (Wildman–Crippen LogP) is 4.18. The molecule has 0 radical (unpaired) electrons. The number of rotatable bonds is 7. The zero-order valence-corrected chi connectivity index (χ0v) is 18.6. The Labute approximate surface area is 186 Å². The van der Waals surface area contributed by atoms with Gasteiger partial charge in [0.05, 0.1) is 21.3 Å². The molecule has 2 aromatic heterocycles. The summed E-state index contributed by atoms with van der Waals surface area (Å²) in [5, 5.41) is 19.2. The van der Waals surface area contributed by atoms with Gasteiger partial charge in [0.2, 0.25) is 11.6 Å². The van der Waals surface area contributed by atoms with Gasteiger partial charge in [-0.05, 0) is 36.8 Å². The van der Waals surface area contributed by atoms with Crippen LogP contribution in [0.2, 0.25) is 0 Å². The van der Waals surface area contributed by atoms with Crippen LogP contribution in [-0.4, -0.2) is 36.6 Å². The first-order chi connectivity index (χ1) is 15.4. The third-order valence-electron chi connectivity index (χ3n) is 4.89. The second kappa shape index (κ2) is 8.83. The molecule has 9 nitrogen and oxygen atoms in total. The highest BCUT2D eigenvalue weighted by atomic mass is 32.2. The third kappa shape index (κ3) is 3.96. The molecule has 0 atom stereocenters. The van der Waals surface area contributed by atoms with Crippen molar-refractivity contribution in [3.8, 4) is 34.5 Å². The number of fused-ring (bicyclic) bond motifs is 1. The Morgan fingerprint density at radius 3 is 2.38 bits per heavy atom. The van der Waals surface area contributed by atoms with Crippen LogP contribution < -0.4 is 19.8 Å². The highest BCUT2D eigenvalue weighted by Crippen LogP contribution is 2.41. The molecule has 1 N–H and O–H groups in total. The van der Waals surface area contributed by atoms with E-state index in [0.29, 0.717) is 44.9 Å². The lowest BCUT2D eigenvalue weighted by Crippen LogP contribution is -2.01. The van der Waals surface area contributed by atoms with Crippen LogP contribution in [0, 0.1) is 6.92 Å². The van der Waals surface area contributed by atoms with Crippen LogP contribution in [0.15, 0.2) is 49.2 Å². The maximum atomic E-state index is 12.0. The van der Waals surface area contributed by atoms with Crippen LogP contribution in [0.3, 0.4) is 0 Å². The van der Waals surface area contributed by atoms with Crippen molar-refractivity contribution in [2.45, 2.75) is 17.9 Å². The van der Waals surface area contributed by atoms with Gasteiger partial charge in [-0.25, -0.2) is 4.79 Å². The summed E-state index contributed by atoms with van der Waals surface area (Å²) in [5.74, 6) is 2.14. The van der Waals surface area contributed by atoms with E-state index >= 15 is 0 Å². The maximum Gasteiger partial charge on any atom is 0.336 e. The standard InChI is InChI=1S/C22H20N2O7S/c1-11-15(25)6-5-14-13(9-18(26)30-19(11)14)10-32-22-24-23-21(31-22)12-7-16(27-2)20(29-4)17(8-12)28-3/h5-9,25H,10H2,1-4H3. The Morgan fingerprint density at radius 2 is 1.72 bits per heavy atom. The molecule has 0 fully saturated rings. The number of methoxy groups -OCH3 is 3. The summed E-state index contributed by atoms with van der Waals surface area (Å²) in [6, 6.07) is 8.14. The normalized spacial score (nSPS) is 11.0. The Balaban J connectivity index is 1.62. The fraction of sp³-hybridized carbons (Fsp3) is 0.227. The van der Waals surface area contributed by atoms with Crippen LogP contribution >= 0.6 is 11.8 Å². The number of aryl methyl sites for hydroxylation is 1. The number of aromatic hydroxyl groups is 1. The van der Waals surface area contributed by atoms with Gasteiger partial charge >= 0.3 is 5.63 Å². The summed E-state index contributed by atoms with van der Waals surface area (Å²) in [6.45, 7) is 1.69. The van der Waals surface area contributed by atoms with Crippen molar-refractivity contribution in [1.82, 2.24) is 10.2 Å². The molecule has 0 unspecified atom stereocenters. The van der Waals surface area contributed by atoms with E-state index in [9.17, 15) is 9.90 Å². The van der Waals surface area contributed by atoms with Crippen LogP contribution in [0.1, 0.15) is 11.1 Å². The number of ether oxygens (including phenoxy) is 3. The van der Waals surface area contributed by atoms with Crippen molar-refractivity contribution in [1.29, 1.82) is 0 Å². The maximum absolute atomic E-state index is 12.0. The molecule has 2 aromatic carbocycles. The first-order valence-electron chi connectivity index (χ1n) is 9.47. The van der Waals surface area contributed by atoms with E-state index in [1.165, 1.54) is 39.2 Å². The van der Waals surface area contributed by atoms with Crippen LogP contribution in [-0.2, 0) is 5.75 Å². The lowest BCUT2D eigenvalue weighted by molar-refractivity contribution is 0.324. The van der Waals surface area contributed by atoms with E-state index in [-0.39, 0.29) is 11.6 Å². The van der Waals surface area contributed by atoms with Gasteiger partial charge in [-0.15, -0.1) is 10.2 Å². The smallest absolute Gasteiger partial charge is 0.336 e. The second-order valence-electron chi connectivity index (χ2n) is 6.75. The van der Waals surface area contributed by atoms with Crippen LogP contribution in [0.5, 0.6) is 23.0 Å². The molecule has 0 aliphatic rings. The van der Waals surface area contributed by atoms with E-state index in [1.807, 2.05) is 0 Å². The monoisotopic (exact) mass is 456 g/mol. The van der Waals surface area contributed by atoms with Crippen LogP contribution in [0.4, 0.5) is 0 Å². The molecule has 10 heteroatoms. The number of hydrogen-bond acceptors (Lipinski definition) is 10. The highest BCUT2D eigenvalue weighted by Gasteiger charge is 2.18. The summed E-state index contributed by atoms with van der Waals surface area (Å²) in [6.07, 6.45) is 0. The van der Waals surface area contributed by atoms with Crippen molar-refractivity contribution in [3.63, 3.8) is 0 Å². The van der Waals surface area contributed by atoms with Crippen molar-refractivity contribution < 1.29 is 28.2 Å². The summed E-state index contributed by atoms with van der Waals surface area (Å²) in [7, 11) is 4.58. The Bertz CT molecular complexity index is 1320. The lowest BCUT2D eigenvalue weighted by atomic mass is 10.1. The molecule has 0 spiro atoms. The topological polar surface area (TPSA) is 117 Å². The molecule has 0 saturated heterocycles. The van der Waals surface area contributed by atoms with Gasteiger partial charge in [0.1, 0.15) is 11.3 Å². The van der Waals surface area contributed by atoms with Crippen molar-refractivity contribution in [3.05, 3.63) is 51.9 Å². The number of phenols is 1. The van der Waals surface area contributed by atoms with Crippen molar-refractivity contribution in [2.75, 3.05) is 21.3 Å². The largest absolute Gasteiger partial charge is 0.508 e.